The number of nitrogens with one attached hydrogen (secondary N) is 1. The van der Waals surface area contributed by atoms with Crippen molar-refractivity contribution in [3.05, 3.63) is 22.4 Å². The molecule has 2 fully saturated rings. The van der Waals surface area contributed by atoms with Gasteiger partial charge in [-0.05, 0) is 37.3 Å². The molecule has 1 aromatic rings. The quantitative estimate of drug-likeness (QED) is 0.918. The fourth-order valence-corrected chi connectivity index (χ4v) is 3.83. The molecule has 0 aromatic carbocycles. The van der Waals surface area contributed by atoms with E-state index >= 15 is 0 Å². The van der Waals surface area contributed by atoms with E-state index < -0.39 is 0 Å². The molecular weight excluding hydrogens is 270 g/mol. The Balaban J connectivity index is 1.52. The Morgan fingerprint density at radius 2 is 2.25 bits per heavy atom. The van der Waals surface area contributed by atoms with Gasteiger partial charge < -0.3 is 10.2 Å². The molecule has 0 spiro atoms. The molecule has 0 unspecified atom stereocenters. The number of nitrogens with zero attached hydrogens (tertiary/aromatic N) is 2. The van der Waals surface area contributed by atoms with E-state index in [2.05, 4.69) is 32.6 Å². The summed E-state index contributed by atoms with van der Waals surface area (Å²) in [6, 6.07) is 4.39. The van der Waals surface area contributed by atoms with E-state index in [-0.39, 0.29) is 6.04 Å². The van der Waals surface area contributed by atoms with Gasteiger partial charge in [0.2, 0.25) is 5.91 Å². The van der Waals surface area contributed by atoms with Gasteiger partial charge in [0.15, 0.2) is 0 Å². The van der Waals surface area contributed by atoms with Crippen LogP contribution in [0.25, 0.3) is 0 Å². The van der Waals surface area contributed by atoms with E-state index in [9.17, 15) is 4.79 Å². The minimum Gasteiger partial charge on any atom is -0.340 e. The smallest absolute Gasteiger partial charge is 0.239 e. The molecular formula is C15H23N3OS. The average molecular weight is 293 g/mol. The number of hydrogen-bond donors (Lipinski definition) is 1. The molecule has 1 aromatic heterocycles. The van der Waals surface area contributed by atoms with Gasteiger partial charge in [0.25, 0.3) is 0 Å². The molecule has 4 nitrogen and oxygen atoms in total. The summed E-state index contributed by atoms with van der Waals surface area (Å²) in [5, 5.41) is 5.45. The zero-order valence-electron chi connectivity index (χ0n) is 11.9. The lowest BCUT2D eigenvalue weighted by Crippen LogP contribution is -2.45. The topological polar surface area (TPSA) is 35.6 Å². The van der Waals surface area contributed by atoms with Crippen molar-refractivity contribution < 1.29 is 4.79 Å². The van der Waals surface area contributed by atoms with Gasteiger partial charge in [0.05, 0.1) is 6.04 Å². The molecule has 2 aliphatic heterocycles. The van der Waals surface area contributed by atoms with Crippen molar-refractivity contribution in [1.29, 1.82) is 0 Å². The standard InChI is InChI=1S/C15H23N3OS/c19-15(14-5-1-6-16-14)18-8-3-7-17(9-10-18)12-13-4-2-11-20-13/h2,4,11,14,16H,1,3,5-10,12H2/t14-/m0/s1. The van der Waals surface area contributed by atoms with Crippen LogP contribution in [0.3, 0.4) is 0 Å². The lowest BCUT2D eigenvalue weighted by Gasteiger charge is -2.24. The Kier molecular flexibility index (Phi) is 4.70. The maximum Gasteiger partial charge on any atom is 0.239 e. The molecule has 3 rings (SSSR count). The molecule has 0 bridgehead atoms. The lowest BCUT2D eigenvalue weighted by atomic mass is 10.2. The normalized spacial score (nSPS) is 24.8. The van der Waals surface area contributed by atoms with Crippen molar-refractivity contribution in [3.63, 3.8) is 0 Å². The molecule has 2 aliphatic rings. The number of carbonyl (C=O) groups is 1. The van der Waals surface area contributed by atoms with E-state index in [0.29, 0.717) is 5.91 Å². The van der Waals surface area contributed by atoms with Crippen LogP contribution in [0, 0.1) is 0 Å². The highest BCUT2D eigenvalue weighted by atomic mass is 32.1. The Hall–Kier alpha value is -0.910. The molecule has 3 heterocycles. The Morgan fingerprint density at radius 1 is 1.30 bits per heavy atom. The Morgan fingerprint density at radius 3 is 3.00 bits per heavy atom. The van der Waals surface area contributed by atoms with Gasteiger partial charge in [-0.2, -0.15) is 0 Å². The van der Waals surface area contributed by atoms with Crippen molar-refractivity contribution in [2.24, 2.45) is 0 Å². The van der Waals surface area contributed by atoms with E-state index in [1.807, 2.05) is 11.3 Å². The zero-order chi connectivity index (χ0) is 13.8. The predicted octanol–water partition coefficient (Wildman–Crippen LogP) is 1.53. The van der Waals surface area contributed by atoms with Crippen LogP contribution in [0.4, 0.5) is 0 Å². The summed E-state index contributed by atoms with van der Waals surface area (Å²) in [5.74, 6) is 0.320. The number of hydrogen-bond acceptors (Lipinski definition) is 4. The monoisotopic (exact) mass is 293 g/mol. The van der Waals surface area contributed by atoms with Gasteiger partial charge in [-0.3, -0.25) is 9.69 Å². The van der Waals surface area contributed by atoms with E-state index in [1.165, 1.54) is 4.88 Å². The average Bonchev–Trinajstić information content (AvgIpc) is 3.10. The second-order valence-electron chi connectivity index (χ2n) is 5.68. The van der Waals surface area contributed by atoms with Crippen molar-refractivity contribution >= 4 is 17.2 Å². The highest BCUT2D eigenvalue weighted by Crippen LogP contribution is 2.15. The van der Waals surface area contributed by atoms with Gasteiger partial charge >= 0.3 is 0 Å². The minimum absolute atomic E-state index is 0.0823. The number of thiophene rings is 1. The Labute approximate surface area is 124 Å². The molecule has 110 valence electrons. The van der Waals surface area contributed by atoms with Gasteiger partial charge in [-0.1, -0.05) is 6.07 Å². The summed E-state index contributed by atoms with van der Waals surface area (Å²) in [4.78, 5) is 18.4. The van der Waals surface area contributed by atoms with Crippen molar-refractivity contribution in [2.75, 3.05) is 32.7 Å². The maximum absolute atomic E-state index is 12.4. The van der Waals surface area contributed by atoms with Gasteiger partial charge in [-0.15, -0.1) is 11.3 Å². The molecule has 1 amide bonds. The predicted molar refractivity (Wildman–Crippen MR) is 81.8 cm³/mol. The zero-order valence-corrected chi connectivity index (χ0v) is 12.7. The summed E-state index contributed by atoms with van der Waals surface area (Å²) in [7, 11) is 0. The highest BCUT2D eigenvalue weighted by molar-refractivity contribution is 7.09. The summed E-state index contributed by atoms with van der Waals surface area (Å²) in [6.45, 7) is 5.91. The summed E-state index contributed by atoms with van der Waals surface area (Å²) in [6.07, 6.45) is 3.23. The van der Waals surface area contributed by atoms with Gasteiger partial charge in [-0.25, -0.2) is 0 Å². The van der Waals surface area contributed by atoms with Crippen molar-refractivity contribution in [2.45, 2.75) is 31.8 Å². The molecule has 2 saturated heterocycles. The van der Waals surface area contributed by atoms with Crippen LogP contribution in [-0.4, -0.2) is 54.5 Å². The molecule has 0 aliphatic carbocycles. The van der Waals surface area contributed by atoms with Crippen LogP contribution < -0.4 is 5.32 Å². The lowest BCUT2D eigenvalue weighted by molar-refractivity contribution is -0.132. The number of carbonyl (C=O) groups excluding carboxylic acids is 1. The van der Waals surface area contributed by atoms with E-state index in [4.69, 9.17) is 0 Å². The van der Waals surface area contributed by atoms with Crippen LogP contribution in [0.2, 0.25) is 0 Å². The third-order valence-corrected chi connectivity index (χ3v) is 5.08. The minimum atomic E-state index is 0.0823. The first-order valence-electron chi connectivity index (χ1n) is 7.60. The Bertz CT molecular complexity index is 428. The van der Waals surface area contributed by atoms with Gasteiger partial charge in [0, 0.05) is 37.6 Å². The van der Waals surface area contributed by atoms with Gasteiger partial charge in [0.1, 0.15) is 0 Å². The summed E-state index contributed by atoms with van der Waals surface area (Å²) < 4.78 is 0. The summed E-state index contributed by atoms with van der Waals surface area (Å²) in [5.41, 5.74) is 0. The second kappa shape index (κ2) is 6.70. The van der Waals surface area contributed by atoms with Crippen LogP contribution >= 0.6 is 11.3 Å². The van der Waals surface area contributed by atoms with Crippen LogP contribution in [0.15, 0.2) is 17.5 Å². The first kappa shape index (κ1) is 14.0. The first-order valence-corrected chi connectivity index (χ1v) is 8.48. The maximum atomic E-state index is 12.4. The van der Waals surface area contributed by atoms with Crippen LogP contribution in [0.5, 0.6) is 0 Å². The third kappa shape index (κ3) is 3.40. The highest BCUT2D eigenvalue weighted by Gasteiger charge is 2.28. The molecule has 5 heteroatoms. The molecule has 0 radical (unpaired) electrons. The largest absolute Gasteiger partial charge is 0.340 e. The van der Waals surface area contributed by atoms with Crippen molar-refractivity contribution in [1.82, 2.24) is 15.1 Å². The first-order chi connectivity index (χ1) is 9.83. The molecule has 1 N–H and O–H groups in total. The summed E-state index contributed by atoms with van der Waals surface area (Å²) >= 11 is 1.82. The molecule has 1 atom stereocenters. The SMILES string of the molecule is O=C([C@@H]1CCCN1)N1CCCN(Cc2cccs2)CC1. The molecule has 20 heavy (non-hydrogen) atoms. The molecule has 0 saturated carbocycles. The van der Waals surface area contributed by atoms with E-state index in [0.717, 1.165) is 58.5 Å². The fourth-order valence-electron chi connectivity index (χ4n) is 3.09. The number of rotatable bonds is 3. The van der Waals surface area contributed by atoms with E-state index in [1.54, 1.807) is 0 Å². The van der Waals surface area contributed by atoms with Crippen LogP contribution in [-0.2, 0) is 11.3 Å². The van der Waals surface area contributed by atoms with Crippen LogP contribution in [0.1, 0.15) is 24.1 Å². The third-order valence-electron chi connectivity index (χ3n) is 4.22. The van der Waals surface area contributed by atoms with Crippen molar-refractivity contribution in [3.8, 4) is 0 Å². The fraction of sp³-hybridized carbons (Fsp3) is 0.667. The second-order valence-corrected chi connectivity index (χ2v) is 6.72. The number of amides is 1.